The summed E-state index contributed by atoms with van der Waals surface area (Å²) in [6.07, 6.45) is 1.14. The molecule has 1 atom stereocenters. The van der Waals surface area contributed by atoms with Crippen molar-refractivity contribution in [2.75, 3.05) is 31.6 Å². The summed E-state index contributed by atoms with van der Waals surface area (Å²) in [6.45, 7) is 8.81. The second-order valence-electron chi connectivity index (χ2n) is 5.96. The summed E-state index contributed by atoms with van der Waals surface area (Å²) in [4.78, 5) is 3.94. The van der Waals surface area contributed by atoms with Gasteiger partial charge < -0.3 is 9.80 Å². The number of nitrogens with one attached hydrogen (secondary N) is 1. The number of anilines is 1. The summed E-state index contributed by atoms with van der Waals surface area (Å²) in [5.41, 5.74) is 4.18. The molecule has 0 radical (unpaired) electrons. The second kappa shape index (κ2) is 8.60. The highest BCUT2D eigenvalue weighted by Crippen LogP contribution is 2.14. The van der Waals surface area contributed by atoms with E-state index in [0.717, 1.165) is 26.1 Å². The summed E-state index contributed by atoms with van der Waals surface area (Å²) >= 11 is 0. The van der Waals surface area contributed by atoms with Gasteiger partial charge in [-0.2, -0.15) is 0 Å². The Morgan fingerprint density at radius 2 is 1.45 bits per heavy atom. The summed E-state index contributed by atoms with van der Waals surface area (Å²) in [7, 11) is 2.28. The fourth-order valence-corrected chi connectivity index (χ4v) is 2.85. The zero-order valence-corrected chi connectivity index (χ0v) is 14.2. The molecular weight excluding hydrogens is 268 g/mol. The average molecular weight is 297 g/mol. The standard InChI is InChI=1S/C20H28N2/c1-4-22(5-2)20-13-11-19(12-14-20)17-21(3)16-15-18-9-7-6-8-10-18/h6-14H,4-5,15-17H2,1-3H3/p+1. The van der Waals surface area contributed by atoms with Crippen molar-refractivity contribution in [3.05, 3.63) is 65.7 Å². The van der Waals surface area contributed by atoms with E-state index < -0.39 is 0 Å². The van der Waals surface area contributed by atoms with Crippen LogP contribution in [0.15, 0.2) is 54.6 Å². The molecule has 0 aliphatic carbocycles. The van der Waals surface area contributed by atoms with Crippen LogP contribution in [0.5, 0.6) is 0 Å². The van der Waals surface area contributed by atoms with E-state index in [1.165, 1.54) is 23.4 Å². The Labute approximate surface area is 135 Å². The van der Waals surface area contributed by atoms with Crippen molar-refractivity contribution in [2.24, 2.45) is 0 Å². The number of hydrogen-bond donors (Lipinski definition) is 1. The number of likely N-dealkylation sites (N-methyl/N-ethyl adjacent to an activating group) is 1. The molecule has 0 spiro atoms. The summed E-state index contributed by atoms with van der Waals surface area (Å²) < 4.78 is 0. The maximum atomic E-state index is 2.38. The Balaban J connectivity index is 1.85. The summed E-state index contributed by atoms with van der Waals surface area (Å²) in [6, 6.07) is 19.8. The third kappa shape index (κ3) is 4.88. The van der Waals surface area contributed by atoms with E-state index in [4.69, 9.17) is 0 Å². The molecule has 0 bridgehead atoms. The highest BCUT2D eigenvalue weighted by atomic mass is 15.1. The minimum absolute atomic E-state index is 1.07. The van der Waals surface area contributed by atoms with Crippen LogP contribution in [0.1, 0.15) is 25.0 Å². The lowest BCUT2D eigenvalue weighted by atomic mass is 10.1. The number of benzene rings is 2. The molecule has 2 heteroatoms. The SMILES string of the molecule is CCN(CC)c1ccc(C[NH+](C)CCc2ccccc2)cc1. The van der Waals surface area contributed by atoms with Crippen LogP contribution >= 0.6 is 0 Å². The molecule has 2 rings (SSSR count). The molecule has 0 amide bonds. The first-order valence-electron chi connectivity index (χ1n) is 8.42. The Bertz CT molecular complexity index is 529. The van der Waals surface area contributed by atoms with Gasteiger partial charge in [-0.05, 0) is 31.5 Å². The van der Waals surface area contributed by atoms with Gasteiger partial charge in [0.15, 0.2) is 0 Å². The van der Waals surface area contributed by atoms with Crippen LogP contribution in [0.3, 0.4) is 0 Å². The van der Waals surface area contributed by atoms with Crippen LogP contribution in [-0.2, 0) is 13.0 Å². The van der Waals surface area contributed by atoms with Crippen LogP contribution in [0.2, 0.25) is 0 Å². The van der Waals surface area contributed by atoms with Gasteiger partial charge in [-0.25, -0.2) is 0 Å². The lowest BCUT2D eigenvalue weighted by molar-refractivity contribution is -0.893. The fourth-order valence-electron chi connectivity index (χ4n) is 2.85. The third-order valence-electron chi connectivity index (χ3n) is 4.25. The first kappa shape index (κ1) is 16.6. The Morgan fingerprint density at radius 1 is 0.818 bits per heavy atom. The van der Waals surface area contributed by atoms with Gasteiger partial charge in [-0.1, -0.05) is 42.5 Å². The summed E-state index contributed by atoms with van der Waals surface area (Å²) in [5.74, 6) is 0. The van der Waals surface area contributed by atoms with E-state index in [1.54, 1.807) is 4.90 Å². The van der Waals surface area contributed by atoms with Gasteiger partial charge in [0.2, 0.25) is 0 Å². The van der Waals surface area contributed by atoms with Crippen LogP contribution in [-0.4, -0.2) is 26.7 Å². The van der Waals surface area contributed by atoms with E-state index in [0.29, 0.717) is 0 Å². The topological polar surface area (TPSA) is 7.68 Å². The maximum Gasteiger partial charge on any atom is 0.103 e. The lowest BCUT2D eigenvalue weighted by Crippen LogP contribution is -3.07. The van der Waals surface area contributed by atoms with Crippen molar-refractivity contribution in [2.45, 2.75) is 26.8 Å². The molecule has 118 valence electrons. The Kier molecular flexibility index (Phi) is 6.47. The van der Waals surface area contributed by atoms with Crippen molar-refractivity contribution in [3.8, 4) is 0 Å². The number of hydrogen-bond acceptors (Lipinski definition) is 1. The van der Waals surface area contributed by atoms with E-state index in [2.05, 4.69) is 80.4 Å². The van der Waals surface area contributed by atoms with Gasteiger partial charge >= 0.3 is 0 Å². The molecule has 0 saturated heterocycles. The molecule has 0 fully saturated rings. The van der Waals surface area contributed by atoms with Crippen molar-refractivity contribution < 1.29 is 4.90 Å². The van der Waals surface area contributed by atoms with Gasteiger partial charge in [0.25, 0.3) is 0 Å². The Morgan fingerprint density at radius 3 is 2.05 bits per heavy atom. The lowest BCUT2D eigenvalue weighted by Gasteiger charge is -2.21. The van der Waals surface area contributed by atoms with E-state index >= 15 is 0 Å². The minimum atomic E-state index is 1.07. The molecule has 22 heavy (non-hydrogen) atoms. The van der Waals surface area contributed by atoms with E-state index in [9.17, 15) is 0 Å². The highest BCUT2D eigenvalue weighted by Gasteiger charge is 2.06. The highest BCUT2D eigenvalue weighted by molar-refractivity contribution is 5.47. The molecule has 0 saturated carbocycles. The van der Waals surface area contributed by atoms with Crippen LogP contribution < -0.4 is 9.80 Å². The van der Waals surface area contributed by atoms with E-state index in [1.807, 2.05) is 0 Å². The van der Waals surface area contributed by atoms with Crippen molar-refractivity contribution in [3.63, 3.8) is 0 Å². The first-order valence-corrected chi connectivity index (χ1v) is 8.42. The Hall–Kier alpha value is -1.80. The number of quaternary nitrogens is 1. The summed E-state index contributed by atoms with van der Waals surface area (Å²) in [5, 5.41) is 0. The van der Waals surface area contributed by atoms with Gasteiger partial charge in [0.05, 0.1) is 13.6 Å². The third-order valence-corrected chi connectivity index (χ3v) is 4.25. The molecule has 2 aromatic carbocycles. The first-order chi connectivity index (χ1) is 10.7. The number of rotatable bonds is 8. The minimum Gasteiger partial charge on any atom is -0.372 e. The van der Waals surface area contributed by atoms with Gasteiger partial charge in [0, 0.05) is 30.8 Å². The molecule has 1 unspecified atom stereocenters. The fraction of sp³-hybridized carbons (Fsp3) is 0.400. The zero-order chi connectivity index (χ0) is 15.8. The van der Waals surface area contributed by atoms with Gasteiger partial charge in [-0.15, -0.1) is 0 Å². The van der Waals surface area contributed by atoms with Crippen LogP contribution in [0.4, 0.5) is 5.69 Å². The van der Waals surface area contributed by atoms with Crippen molar-refractivity contribution >= 4 is 5.69 Å². The molecular formula is C20H29N2+. The smallest absolute Gasteiger partial charge is 0.103 e. The molecule has 2 aromatic rings. The van der Waals surface area contributed by atoms with Crippen molar-refractivity contribution in [1.29, 1.82) is 0 Å². The quantitative estimate of drug-likeness (QED) is 0.787. The normalized spacial score (nSPS) is 12.1. The monoisotopic (exact) mass is 297 g/mol. The molecule has 1 N–H and O–H groups in total. The zero-order valence-electron chi connectivity index (χ0n) is 14.2. The van der Waals surface area contributed by atoms with Crippen molar-refractivity contribution in [1.82, 2.24) is 0 Å². The largest absolute Gasteiger partial charge is 0.372 e. The molecule has 0 aliphatic heterocycles. The molecule has 2 nitrogen and oxygen atoms in total. The maximum absolute atomic E-state index is 2.38. The average Bonchev–Trinajstić information content (AvgIpc) is 2.56. The molecule has 0 aliphatic rings. The molecule has 0 aromatic heterocycles. The predicted molar refractivity (Wildman–Crippen MR) is 95.6 cm³/mol. The van der Waals surface area contributed by atoms with Gasteiger partial charge in [0.1, 0.15) is 6.54 Å². The van der Waals surface area contributed by atoms with Gasteiger partial charge in [-0.3, -0.25) is 0 Å². The molecule has 0 heterocycles. The predicted octanol–water partition coefficient (Wildman–Crippen LogP) is 2.79. The number of nitrogens with zero attached hydrogens (tertiary/aromatic N) is 1. The van der Waals surface area contributed by atoms with Crippen LogP contribution in [0, 0.1) is 0 Å². The second-order valence-corrected chi connectivity index (χ2v) is 5.96. The van der Waals surface area contributed by atoms with Crippen LogP contribution in [0.25, 0.3) is 0 Å². The van der Waals surface area contributed by atoms with E-state index in [-0.39, 0.29) is 0 Å².